The molecule has 4 nitrogen and oxygen atoms in total. The summed E-state index contributed by atoms with van der Waals surface area (Å²) in [5, 5.41) is 0. The van der Waals surface area contributed by atoms with Gasteiger partial charge in [0.1, 0.15) is 0 Å². The van der Waals surface area contributed by atoms with Gasteiger partial charge in [0.05, 0.1) is 5.75 Å². The van der Waals surface area contributed by atoms with Crippen LogP contribution >= 0.6 is 0 Å². The van der Waals surface area contributed by atoms with Gasteiger partial charge in [0.2, 0.25) is 10.0 Å². The lowest BCUT2D eigenvalue weighted by Gasteiger charge is -2.46. The van der Waals surface area contributed by atoms with Crippen molar-refractivity contribution in [3.8, 4) is 0 Å². The highest BCUT2D eigenvalue weighted by atomic mass is 32.2. The second-order valence-corrected chi connectivity index (χ2v) is 8.41. The number of nitrogens with zero attached hydrogens (tertiary/aromatic N) is 1. The van der Waals surface area contributed by atoms with Crippen LogP contribution in [0.2, 0.25) is 0 Å². The summed E-state index contributed by atoms with van der Waals surface area (Å²) in [4.78, 5) is 0. The van der Waals surface area contributed by atoms with Crippen molar-refractivity contribution < 1.29 is 8.42 Å². The largest absolute Gasteiger partial charge is 0.329 e. The van der Waals surface area contributed by atoms with E-state index >= 15 is 0 Å². The molecule has 2 atom stereocenters. The van der Waals surface area contributed by atoms with Gasteiger partial charge in [0.15, 0.2) is 0 Å². The molecule has 0 heterocycles. The van der Waals surface area contributed by atoms with E-state index in [9.17, 15) is 8.42 Å². The predicted molar refractivity (Wildman–Crippen MR) is 80.4 cm³/mol. The first-order chi connectivity index (χ1) is 8.77. The zero-order valence-corrected chi connectivity index (χ0v) is 13.7. The number of rotatable bonds is 6. The Labute approximate surface area is 118 Å². The summed E-state index contributed by atoms with van der Waals surface area (Å²) in [6, 6.07) is 0. The molecule has 0 radical (unpaired) electrons. The van der Waals surface area contributed by atoms with Gasteiger partial charge in [0, 0.05) is 18.6 Å². The predicted octanol–water partition coefficient (Wildman–Crippen LogP) is 2.20. The fourth-order valence-corrected chi connectivity index (χ4v) is 5.73. The zero-order valence-electron chi connectivity index (χ0n) is 12.9. The molecule has 5 heteroatoms. The van der Waals surface area contributed by atoms with Crippen LogP contribution in [0.3, 0.4) is 0 Å². The van der Waals surface area contributed by atoms with Crippen LogP contribution in [-0.2, 0) is 10.0 Å². The Kier molecular flexibility index (Phi) is 5.83. The quantitative estimate of drug-likeness (QED) is 0.815. The summed E-state index contributed by atoms with van der Waals surface area (Å²) in [7, 11) is -3.21. The molecule has 0 aliphatic heterocycles. The van der Waals surface area contributed by atoms with E-state index in [1.165, 1.54) is 6.42 Å². The van der Waals surface area contributed by atoms with Crippen molar-refractivity contribution in [1.29, 1.82) is 0 Å². The first-order valence-electron chi connectivity index (χ1n) is 7.48. The smallest absolute Gasteiger partial charge is 0.214 e. The van der Waals surface area contributed by atoms with Gasteiger partial charge in [-0.1, -0.05) is 40.5 Å². The van der Waals surface area contributed by atoms with E-state index in [1.54, 1.807) is 4.31 Å². The van der Waals surface area contributed by atoms with Crippen LogP contribution < -0.4 is 5.73 Å². The molecule has 1 aliphatic rings. The van der Waals surface area contributed by atoms with Crippen LogP contribution in [0.15, 0.2) is 0 Å². The Hall–Kier alpha value is -0.130. The molecular formula is C14H30N2O2S. The summed E-state index contributed by atoms with van der Waals surface area (Å²) < 4.78 is 26.9. The lowest BCUT2D eigenvalue weighted by Crippen LogP contribution is -2.58. The topological polar surface area (TPSA) is 63.4 Å². The van der Waals surface area contributed by atoms with Gasteiger partial charge in [-0.15, -0.1) is 0 Å². The van der Waals surface area contributed by atoms with Crippen molar-refractivity contribution in [2.75, 3.05) is 18.8 Å². The summed E-state index contributed by atoms with van der Waals surface area (Å²) in [6.45, 7) is 8.98. The van der Waals surface area contributed by atoms with Crippen LogP contribution in [0.5, 0.6) is 0 Å². The molecule has 1 fully saturated rings. The van der Waals surface area contributed by atoms with Crippen LogP contribution in [0, 0.1) is 11.8 Å². The van der Waals surface area contributed by atoms with E-state index in [1.807, 2.05) is 20.8 Å². The fraction of sp³-hybridized carbons (Fsp3) is 1.00. The van der Waals surface area contributed by atoms with Crippen LogP contribution in [0.25, 0.3) is 0 Å². The van der Waals surface area contributed by atoms with E-state index in [0.717, 1.165) is 19.3 Å². The van der Waals surface area contributed by atoms with E-state index in [0.29, 0.717) is 19.0 Å². The van der Waals surface area contributed by atoms with Crippen LogP contribution in [0.1, 0.15) is 53.4 Å². The fourth-order valence-electron chi connectivity index (χ4n) is 3.48. The average Bonchev–Trinajstić information content (AvgIpc) is 2.27. The van der Waals surface area contributed by atoms with Gasteiger partial charge >= 0.3 is 0 Å². The molecule has 0 saturated heterocycles. The SMILES string of the molecule is CCN(C1(CN)CCCC(C)C1)S(=O)(=O)CC(C)C. The van der Waals surface area contributed by atoms with Crippen molar-refractivity contribution in [3.63, 3.8) is 0 Å². The average molecular weight is 290 g/mol. The molecule has 0 aromatic heterocycles. The third-order valence-electron chi connectivity index (χ3n) is 4.14. The van der Waals surface area contributed by atoms with Gasteiger partial charge in [-0.05, 0) is 24.7 Å². The number of hydrogen-bond donors (Lipinski definition) is 1. The van der Waals surface area contributed by atoms with E-state index in [4.69, 9.17) is 5.73 Å². The van der Waals surface area contributed by atoms with Gasteiger partial charge in [-0.3, -0.25) is 0 Å². The van der Waals surface area contributed by atoms with E-state index in [-0.39, 0.29) is 17.2 Å². The summed E-state index contributed by atoms with van der Waals surface area (Å²) in [6.07, 6.45) is 4.06. The molecule has 19 heavy (non-hydrogen) atoms. The summed E-state index contributed by atoms with van der Waals surface area (Å²) >= 11 is 0. The highest BCUT2D eigenvalue weighted by Crippen LogP contribution is 2.37. The van der Waals surface area contributed by atoms with Gasteiger partial charge < -0.3 is 5.73 Å². The standard InChI is InChI=1S/C14H30N2O2S/c1-5-16(19(17,18)10-12(2)3)14(11-15)8-6-7-13(4)9-14/h12-13H,5-11,15H2,1-4H3. The van der Waals surface area contributed by atoms with Crippen molar-refractivity contribution in [2.45, 2.75) is 58.9 Å². The Bertz CT molecular complexity index is 381. The van der Waals surface area contributed by atoms with Gasteiger partial charge in [-0.2, -0.15) is 4.31 Å². The Morgan fingerprint density at radius 2 is 2.05 bits per heavy atom. The molecule has 0 amide bonds. The minimum Gasteiger partial charge on any atom is -0.329 e. The van der Waals surface area contributed by atoms with Gasteiger partial charge in [-0.25, -0.2) is 8.42 Å². The Morgan fingerprint density at radius 3 is 2.47 bits per heavy atom. The summed E-state index contributed by atoms with van der Waals surface area (Å²) in [5.74, 6) is 0.923. The normalized spacial score (nSPS) is 29.1. The number of likely N-dealkylation sites (N-methyl/N-ethyl adjacent to an activating group) is 1. The summed E-state index contributed by atoms with van der Waals surface area (Å²) in [5.41, 5.74) is 5.65. The third-order valence-corrected chi connectivity index (χ3v) is 6.55. The Morgan fingerprint density at radius 1 is 1.42 bits per heavy atom. The monoisotopic (exact) mass is 290 g/mol. The molecule has 114 valence electrons. The van der Waals surface area contributed by atoms with Crippen molar-refractivity contribution >= 4 is 10.0 Å². The second kappa shape index (κ2) is 6.55. The molecule has 0 aromatic rings. The highest BCUT2D eigenvalue weighted by Gasteiger charge is 2.43. The number of sulfonamides is 1. The molecule has 2 unspecified atom stereocenters. The minimum absolute atomic E-state index is 0.148. The minimum atomic E-state index is -3.21. The van der Waals surface area contributed by atoms with Crippen molar-refractivity contribution in [3.05, 3.63) is 0 Å². The first kappa shape index (κ1) is 16.9. The molecule has 0 aromatic carbocycles. The molecule has 2 N–H and O–H groups in total. The van der Waals surface area contributed by atoms with Gasteiger partial charge in [0.25, 0.3) is 0 Å². The zero-order chi connectivity index (χ0) is 14.7. The maximum atomic E-state index is 12.6. The van der Waals surface area contributed by atoms with Crippen LogP contribution in [-0.4, -0.2) is 37.1 Å². The molecular weight excluding hydrogens is 260 g/mol. The maximum absolute atomic E-state index is 12.6. The van der Waals surface area contributed by atoms with Crippen molar-refractivity contribution in [1.82, 2.24) is 4.31 Å². The van der Waals surface area contributed by atoms with Crippen LogP contribution in [0.4, 0.5) is 0 Å². The molecule has 1 aliphatic carbocycles. The highest BCUT2D eigenvalue weighted by molar-refractivity contribution is 7.89. The maximum Gasteiger partial charge on any atom is 0.214 e. The van der Waals surface area contributed by atoms with E-state index < -0.39 is 10.0 Å². The number of nitrogens with two attached hydrogens (primary N) is 1. The van der Waals surface area contributed by atoms with E-state index in [2.05, 4.69) is 6.92 Å². The first-order valence-corrected chi connectivity index (χ1v) is 9.09. The third kappa shape index (κ3) is 3.92. The lowest BCUT2D eigenvalue weighted by molar-refractivity contribution is 0.112. The number of hydrogen-bond acceptors (Lipinski definition) is 3. The van der Waals surface area contributed by atoms with Crippen molar-refractivity contribution in [2.24, 2.45) is 17.6 Å². The Balaban J connectivity index is 3.04. The lowest BCUT2D eigenvalue weighted by atomic mass is 9.76. The molecule has 1 saturated carbocycles. The molecule has 0 spiro atoms. The molecule has 1 rings (SSSR count). The second-order valence-electron chi connectivity index (χ2n) is 6.47. The molecule has 0 bridgehead atoms.